The van der Waals surface area contributed by atoms with Crippen LogP contribution in [0.25, 0.3) is 0 Å². The molecule has 2 saturated heterocycles. The number of halogens is 1. The summed E-state index contributed by atoms with van der Waals surface area (Å²) in [4.78, 5) is 14.4. The van der Waals surface area contributed by atoms with Gasteiger partial charge in [0.05, 0.1) is 6.04 Å². The highest BCUT2D eigenvalue weighted by Crippen LogP contribution is 2.40. The Morgan fingerprint density at radius 1 is 1.43 bits per heavy atom. The molecule has 0 aromatic heterocycles. The molecule has 21 heavy (non-hydrogen) atoms. The third-order valence-electron chi connectivity index (χ3n) is 4.36. The second kappa shape index (κ2) is 5.61. The summed E-state index contributed by atoms with van der Waals surface area (Å²) in [7, 11) is 0. The minimum Gasteiger partial charge on any atom is -0.320 e. The molecule has 3 nitrogen and oxygen atoms in total. The SMILES string of the molecule is CC1NC(c2ccc(F)cc2)N(CC2(C)CCCS2)C1=O. The average molecular weight is 308 g/mol. The molecule has 3 rings (SSSR count). The number of thioether (sulfide) groups is 1. The van der Waals surface area contributed by atoms with E-state index in [-0.39, 0.29) is 28.7 Å². The lowest BCUT2D eigenvalue weighted by molar-refractivity contribution is -0.130. The van der Waals surface area contributed by atoms with E-state index in [1.54, 1.807) is 12.1 Å². The smallest absolute Gasteiger partial charge is 0.241 e. The summed E-state index contributed by atoms with van der Waals surface area (Å²) in [5.74, 6) is 1.06. The maximum Gasteiger partial charge on any atom is 0.241 e. The fourth-order valence-electron chi connectivity index (χ4n) is 3.19. The standard InChI is InChI=1S/C16H21FN2OS/c1-11-15(20)19(10-16(2)8-3-9-21-16)14(18-11)12-4-6-13(17)7-5-12/h4-7,11,14,18H,3,8-10H2,1-2H3. The van der Waals surface area contributed by atoms with Gasteiger partial charge >= 0.3 is 0 Å². The van der Waals surface area contributed by atoms with Crippen LogP contribution >= 0.6 is 11.8 Å². The Morgan fingerprint density at radius 3 is 2.76 bits per heavy atom. The molecule has 114 valence electrons. The Morgan fingerprint density at radius 2 is 2.14 bits per heavy atom. The topological polar surface area (TPSA) is 32.3 Å². The summed E-state index contributed by atoms with van der Waals surface area (Å²) in [6.45, 7) is 4.88. The van der Waals surface area contributed by atoms with Gasteiger partial charge in [-0.05, 0) is 50.1 Å². The Bertz CT molecular complexity index is 528. The first-order chi connectivity index (χ1) is 9.98. The van der Waals surface area contributed by atoms with Crippen LogP contribution in [0.2, 0.25) is 0 Å². The van der Waals surface area contributed by atoms with Gasteiger partial charge < -0.3 is 4.90 Å². The van der Waals surface area contributed by atoms with Gasteiger partial charge in [-0.3, -0.25) is 10.1 Å². The second-order valence-corrected chi connectivity index (χ2v) is 7.89. The molecule has 1 aromatic rings. The number of hydrogen-bond donors (Lipinski definition) is 1. The molecule has 2 aliphatic rings. The van der Waals surface area contributed by atoms with Crippen molar-refractivity contribution in [3.63, 3.8) is 0 Å². The van der Waals surface area contributed by atoms with Gasteiger partial charge in [0.2, 0.25) is 5.91 Å². The van der Waals surface area contributed by atoms with Crippen molar-refractivity contribution in [3.05, 3.63) is 35.6 Å². The summed E-state index contributed by atoms with van der Waals surface area (Å²) in [6.07, 6.45) is 2.21. The van der Waals surface area contributed by atoms with E-state index < -0.39 is 0 Å². The lowest BCUT2D eigenvalue weighted by Gasteiger charge is -2.33. The maximum absolute atomic E-state index is 13.1. The Kier molecular flexibility index (Phi) is 3.97. The van der Waals surface area contributed by atoms with Crippen molar-refractivity contribution in [2.24, 2.45) is 0 Å². The van der Waals surface area contributed by atoms with E-state index >= 15 is 0 Å². The molecule has 1 aromatic carbocycles. The zero-order chi connectivity index (χ0) is 15.0. The lowest BCUT2D eigenvalue weighted by Crippen LogP contribution is -2.40. The molecule has 2 fully saturated rings. The lowest BCUT2D eigenvalue weighted by atomic mass is 10.0. The molecule has 0 aliphatic carbocycles. The van der Waals surface area contributed by atoms with E-state index in [2.05, 4.69) is 12.2 Å². The van der Waals surface area contributed by atoms with Crippen LogP contribution in [0.15, 0.2) is 24.3 Å². The van der Waals surface area contributed by atoms with Crippen LogP contribution in [-0.2, 0) is 4.79 Å². The summed E-state index contributed by atoms with van der Waals surface area (Å²) in [5.41, 5.74) is 0.945. The van der Waals surface area contributed by atoms with Crippen molar-refractivity contribution in [1.82, 2.24) is 10.2 Å². The van der Waals surface area contributed by atoms with Crippen molar-refractivity contribution in [3.8, 4) is 0 Å². The van der Waals surface area contributed by atoms with Gasteiger partial charge in [0.1, 0.15) is 12.0 Å². The molecule has 3 unspecified atom stereocenters. The highest BCUT2D eigenvalue weighted by Gasteiger charge is 2.42. The number of hydrogen-bond acceptors (Lipinski definition) is 3. The molecule has 0 radical (unpaired) electrons. The van der Waals surface area contributed by atoms with Crippen LogP contribution in [-0.4, -0.2) is 33.9 Å². The normalized spacial score (nSPS) is 32.9. The molecule has 0 bridgehead atoms. The minimum absolute atomic E-state index is 0.137. The fraction of sp³-hybridized carbons (Fsp3) is 0.562. The highest BCUT2D eigenvalue weighted by molar-refractivity contribution is 8.00. The molecular weight excluding hydrogens is 287 g/mol. The largest absolute Gasteiger partial charge is 0.320 e. The molecule has 0 saturated carbocycles. The number of amides is 1. The third kappa shape index (κ3) is 2.94. The van der Waals surface area contributed by atoms with Crippen molar-refractivity contribution >= 4 is 17.7 Å². The highest BCUT2D eigenvalue weighted by atomic mass is 32.2. The third-order valence-corrected chi connectivity index (χ3v) is 5.89. The van der Waals surface area contributed by atoms with Crippen LogP contribution in [0.5, 0.6) is 0 Å². The van der Waals surface area contributed by atoms with Gasteiger partial charge in [-0.15, -0.1) is 0 Å². The predicted molar refractivity (Wildman–Crippen MR) is 83.5 cm³/mol. The van der Waals surface area contributed by atoms with Gasteiger partial charge in [-0.2, -0.15) is 11.8 Å². The van der Waals surface area contributed by atoms with E-state index in [0.717, 1.165) is 18.5 Å². The molecule has 3 atom stereocenters. The summed E-state index contributed by atoms with van der Waals surface area (Å²) >= 11 is 1.95. The molecule has 1 N–H and O–H groups in total. The number of rotatable bonds is 3. The molecule has 1 amide bonds. The van der Waals surface area contributed by atoms with Crippen molar-refractivity contribution in [2.45, 2.75) is 43.6 Å². The first-order valence-electron chi connectivity index (χ1n) is 7.44. The Balaban J connectivity index is 1.84. The van der Waals surface area contributed by atoms with Crippen molar-refractivity contribution < 1.29 is 9.18 Å². The van der Waals surface area contributed by atoms with E-state index in [0.29, 0.717) is 0 Å². The van der Waals surface area contributed by atoms with Crippen molar-refractivity contribution in [1.29, 1.82) is 0 Å². The monoisotopic (exact) mass is 308 g/mol. The quantitative estimate of drug-likeness (QED) is 0.932. The zero-order valence-corrected chi connectivity index (χ0v) is 13.3. The number of nitrogens with zero attached hydrogens (tertiary/aromatic N) is 1. The van der Waals surface area contributed by atoms with Gasteiger partial charge in [-0.25, -0.2) is 4.39 Å². The molecular formula is C16H21FN2OS. The number of nitrogens with one attached hydrogen (secondary N) is 1. The van der Waals surface area contributed by atoms with E-state index in [1.807, 2.05) is 23.6 Å². The van der Waals surface area contributed by atoms with Crippen molar-refractivity contribution in [2.75, 3.05) is 12.3 Å². The second-order valence-electron chi connectivity index (χ2n) is 6.21. The van der Waals surface area contributed by atoms with E-state index in [4.69, 9.17) is 0 Å². The van der Waals surface area contributed by atoms with Crippen LogP contribution in [0.3, 0.4) is 0 Å². The van der Waals surface area contributed by atoms with E-state index in [9.17, 15) is 9.18 Å². The Hall–Kier alpha value is -1.07. The van der Waals surface area contributed by atoms with Crippen LogP contribution in [0.1, 0.15) is 38.4 Å². The van der Waals surface area contributed by atoms with Gasteiger partial charge in [0.15, 0.2) is 0 Å². The summed E-state index contributed by atoms with van der Waals surface area (Å²) < 4.78 is 13.2. The van der Waals surface area contributed by atoms with Gasteiger partial charge in [-0.1, -0.05) is 12.1 Å². The number of carbonyl (C=O) groups is 1. The first kappa shape index (κ1) is 14.9. The fourth-order valence-corrected chi connectivity index (χ4v) is 4.49. The molecule has 2 heterocycles. The maximum atomic E-state index is 13.1. The molecule has 0 spiro atoms. The van der Waals surface area contributed by atoms with Crippen LogP contribution < -0.4 is 5.32 Å². The summed E-state index contributed by atoms with van der Waals surface area (Å²) in [5, 5.41) is 3.33. The minimum atomic E-state index is -0.249. The van der Waals surface area contributed by atoms with Crippen LogP contribution in [0.4, 0.5) is 4.39 Å². The average Bonchev–Trinajstić information content (AvgIpc) is 2.99. The first-order valence-corrected chi connectivity index (χ1v) is 8.43. The van der Waals surface area contributed by atoms with Crippen LogP contribution in [0, 0.1) is 5.82 Å². The molecule has 2 aliphatic heterocycles. The number of carbonyl (C=O) groups excluding carboxylic acids is 1. The number of benzene rings is 1. The molecule has 5 heteroatoms. The van der Waals surface area contributed by atoms with E-state index in [1.165, 1.54) is 24.3 Å². The summed E-state index contributed by atoms with van der Waals surface area (Å²) in [6, 6.07) is 6.24. The zero-order valence-electron chi connectivity index (χ0n) is 12.4. The van der Waals surface area contributed by atoms with Gasteiger partial charge in [0, 0.05) is 11.3 Å². The Labute approximate surface area is 129 Å². The van der Waals surface area contributed by atoms with Gasteiger partial charge in [0.25, 0.3) is 0 Å². The predicted octanol–water partition coefficient (Wildman–Crippen LogP) is 2.93.